The lowest BCUT2D eigenvalue weighted by atomic mass is 9.94. The molecule has 2 aliphatic heterocycles. The zero-order chi connectivity index (χ0) is 28.1. The zero-order valence-electron chi connectivity index (χ0n) is 22.6. The van der Waals surface area contributed by atoms with E-state index in [1.165, 1.54) is 17.0 Å². The smallest absolute Gasteiger partial charge is 0.295 e. The number of nitrogens with zero attached hydrogens (tertiary/aromatic N) is 2. The molecule has 0 spiro atoms. The van der Waals surface area contributed by atoms with Gasteiger partial charge in [-0.2, -0.15) is 0 Å². The quantitative estimate of drug-likeness (QED) is 0.235. The van der Waals surface area contributed by atoms with E-state index in [1.54, 1.807) is 30.3 Å². The van der Waals surface area contributed by atoms with E-state index in [2.05, 4.69) is 4.90 Å². The molecule has 8 nitrogen and oxygen atoms in total. The molecule has 3 aromatic carbocycles. The second-order valence-electron chi connectivity index (χ2n) is 10.1. The number of rotatable bonds is 9. The van der Waals surface area contributed by atoms with Gasteiger partial charge in [0, 0.05) is 31.7 Å². The number of aliphatic hydroxyl groups is 1. The summed E-state index contributed by atoms with van der Waals surface area (Å²) in [5.41, 5.74) is 2.95. The first-order valence-electron chi connectivity index (χ1n) is 13.6. The van der Waals surface area contributed by atoms with Crippen LogP contribution in [0, 0.1) is 6.92 Å². The minimum absolute atomic E-state index is 0.0411. The number of morpholine rings is 1. The lowest BCUT2D eigenvalue weighted by molar-refractivity contribution is -0.140. The Morgan fingerprint density at radius 1 is 0.975 bits per heavy atom. The molecule has 0 aliphatic carbocycles. The van der Waals surface area contributed by atoms with Crippen molar-refractivity contribution < 1.29 is 29.3 Å². The molecule has 3 aromatic rings. The number of hydrogen-bond donors (Lipinski definition) is 2. The van der Waals surface area contributed by atoms with Gasteiger partial charge >= 0.3 is 0 Å². The number of ketones is 1. The second kappa shape index (κ2) is 12.4. The van der Waals surface area contributed by atoms with E-state index in [4.69, 9.17) is 9.47 Å². The lowest BCUT2D eigenvalue weighted by Gasteiger charge is -2.29. The summed E-state index contributed by atoms with van der Waals surface area (Å²) in [6.07, 6.45) is 0.675. The van der Waals surface area contributed by atoms with Crippen molar-refractivity contribution in [2.45, 2.75) is 26.0 Å². The number of aliphatic hydroxyl groups excluding tert-OH is 1. The number of aryl methyl sites for hydroxylation is 1. The van der Waals surface area contributed by atoms with Crippen molar-refractivity contribution in [2.24, 2.45) is 0 Å². The van der Waals surface area contributed by atoms with Crippen molar-refractivity contribution in [3.05, 3.63) is 101 Å². The minimum atomic E-state index is -0.764. The van der Waals surface area contributed by atoms with Crippen LogP contribution in [0.15, 0.2) is 78.4 Å². The van der Waals surface area contributed by atoms with Crippen LogP contribution in [0.2, 0.25) is 0 Å². The third-order valence-corrected chi connectivity index (χ3v) is 7.41. The first-order chi connectivity index (χ1) is 19.4. The van der Waals surface area contributed by atoms with Crippen LogP contribution in [-0.2, 0) is 20.9 Å². The molecule has 40 heavy (non-hydrogen) atoms. The number of ether oxygens (including phenoxy) is 2. The van der Waals surface area contributed by atoms with Crippen LogP contribution in [0.1, 0.15) is 34.7 Å². The Kier molecular flexibility index (Phi) is 8.48. The molecule has 0 bridgehead atoms. The fourth-order valence-electron chi connectivity index (χ4n) is 5.25. The molecule has 5 rings (SSSR count). The Labute approximate surface area is 234 Å². The number of benzene rings is 3. The largest absolute Gasteiger partial charge is 0.508 e. The SMILES string of the molecule is Cc1cc(C(O)=C2C(=O)C(=O)N(CCCN3CCOCC3)[C@@H]2c2ccc(O)cc2)ccc1OCc1ccccc1. The van der Waals surface area contributed by atoms with Crippen LogP contribution < -0.4 is 4.74 Å². The predicted octanol–water partition coefficient (Wildman–Crippen LogP) is 4.42. The summed E-state index contributed by atoms with van der Waals surface area (Å²) in [6, 6.07) is 20.7. The average Bonchev–Trinajstić information content (AvgIpc) is 3.22. The molecular weight excluding hydrogens is 508 g/mol. The normalized spacial score (nSPS) is 19.2. The first kappa shape index (κ1) is 27.4. The number of carbonyl (C=O) groups is 2. The fourth-order valence-corrected chi connectivity index (χ4v) is 5.25. The Morgan fingerprint density at radius 2 is 1.70 bits per heavy atom. The highest BCUT2D eigenvalue weighted by atomic mass is 16.5. The number of phenolic OH excluding ortho intramolecular Hbond substituents is 1. The molecule has 1 amide bonds. The minimum Gasteiger partial charge on any atom is -0.508 e. The number of likely N-dealkylation sites (tertiary alicyclic amines) is 1. The van der Waals surface area contributed by atoms with E-state index in [1.807, 2.05) is 37.3 Å². The summed E-state index contributed by atoms with van der Waals surface area (Å²) in [6.45, 7) is 6.46. The van der Waals surface area contributed by atoms with Gasteiger partial charge in [0.05, 0.1) is 24.8 Å². The highest BCUT2D eigenvalue weighted by molar-refractivity contribution is 6.46. The number of Topliss-reactive ketones (excluding diaryl/α,β-unsaturated/α-hetero) is 1. The van der Waals surface area contributed by atoms with Crippen LogP contribution in [0.3, 0.4) is 0 Å². The molecule has 0 saturated carbocycles. The molecule has 2 heterocycles. The Morgan fingerprint density at radius 3 is 2.40 bits per heavy atom. The molecule has 8 heteroatoms. The summed E-state index contributed by atoms with van der Waals surface area (Å²) in [5.74, 6) is -0.844. The maximum Gasteiger partial charge on any atom is 0.295 e. The highest BCUT2D eigenvalue weighted by Crippen LogP contribution is 2.40. The average molecular weight is 543 g/mol. The maximum atomic E-state index is 13.3. The van der Waals surface area contributed by atoms with E-state index >= 15 is 0 Å². The van der Waals surface area contributed by atoms with Crippen LogP contribution in [0.4, 0.5) is 0 Å². The third kappa shape index (κ3) is 6.03. The molecular formula is C32H34N2O6. The molecule has 0 radical (unpaired) electrons. The van der Waals surface area contributed by atoms with Gasteiger partial charge < -0.3 is 24.6 Å². The van der Waals surface area contributed by atoms with Gasteiger partial charge in [-0.25, -0.2) is 0 Å². The summed E-state index contributed by atoms with van der Waals surface area (Å²) in [5, 5.41) is 21.3. The number of hydrogen-bond acceptors (Lipinski definition) is 7. The van der Waals surface area contributed by atoms with Gasteiger partial charge in [-0.15, -0.1) is 0 Å². The van der Waals surface area contributed by atoms with Crippen molar-refractivity contribution in [1.82, 2.24) is 9.80 Å². The summed E-state index contributed by atoms with van der Waals surface area (Å²) >= 11 is 0. The van der Waals surface area contributed by atoms with Gasteiger partial charge in [-0.1, -0.05) is 42.5 Å². The van der Waals surface area contributed by atoms with Gasteiger partial charge in [-0.05, 0) is 60.4 Å². The van der Waals surface area contributed by atoms with Crippen LogP contribution in [0.25, 0.3) is 5.76 Å². The van der Waals surface area contributed by atoms with Gasteiger partial charge in [0.15, 0.2) is 0 Å². The van der Waals surface area contributed by atoms with Gasteiger partial charge in [-0.3, -0.25) is 14.5 Å². The van der Waals surface area contributed by atoms with Gasteiger partial charge in [0.1, 0.15) is 23.9 Å². The van der Waals surface area contributed by atoms with Crippen LogP contribution in [-0.4, -0.2) is 71.1 Å². The van der Waals surface area contributed by atoms with E-state index < -0.39 is 17.7 Å². The highest BCUT2D eigenvalue weighted by Gasteiger charge is 2.45. The van der Waals surface area contributed by atoms with Crippen LogP contribution in [0.5, 0.6) is 11.5 Å². The Balaban J connectivity index is 1.41. The lowest BCUT2D eigenvalue weighted by Crippen LogP contribution is -2.38. The third-order valence-electron chi connectivity index (χ3n) is 7.41. The number of aromatic hydroxyl groups is 1. The van der Waals surface area contributed by atoms with Crippen molar-refractivity contribution in [2.75, 3.05) is 39.4 Å². The molecule has 0 aromatic heterocycles. The molecule has 0 unspecified atom stereocenters. The van der Waals surface area contributed by atoms with Gasteiger partial charge in [0.2, 0.25) is 0 Å². The standard InChI is InChI=1S/C32H34N2O6/c1-22-20-25(10-13-27(22)40-21-23-6-3-2-4-7-23)30(36)28-29(24-8-11-26(35)12-9-24)34(32(38)31(28)37)15-5-14-33-16-18-39-19-17-33/h2-4,6-13,20,29,35-36H,5,14-19,21H2,1H3/t29-/m1/s1. The Hall–Kier alpha value is -4.14. The second-order valence-corrected chi connectivity index (χ2v) is 10.1. The number of phenols is 1. The van der Waals surface area contributed by atoms with Crippen molar-refractivity contribution in [3.8, 4) is 11.5 Å². The topological polar surface area (TPSA) is 99.5 Å². The number of amides is 1. The summed E-state index contributed by atoms with van der Waals surface area (Å²) in [7, 11) is 0. The van der Waals surface area contributed by atoms with Crippen molar-refractivity contribution in [3.63, 3.8) is 0 Å². The van der Waals surface area contributed by atoms with E-state index in [0.29, 0.717) is 49.7 Å². The molecule has 1 atom stereocenters. The monoisotopic (exact) mass is 542 g/mol. The summed E-state index contributed by atoms with van der Waals surface area (Å²) < 4.78 is 11.4. The van der Waals surface area contributed by atoms with Crippen molar-refractivity contribution in [1.29, 1.82) is 0 Å². The van der Waals surface area contributed by atoms with Gasteiger partial charge in [0.25, 0.3) is 11.7 Å². The van der Waals surface area contributed by atoms with Crippen LogP contribution >= 0.6 is 0 Å². The van der Waals surface area contributed by atoms with E-state index in [9.17, 15) is 19.8 Å². The summed E-state index contributed by atoms with van der Waals surface area (Å²) in [4.78, 5) is 30.4. The fraction of sp³-hybridized carbons (Fsp3) is 0.312. The molecule has 2 saturated heterocycles. The molecule has 208 valence electrons. The Bertz CT molecular complexity index is 1380. The zero-order valence-corrected chi connectivity index (χ0v) is 22.6. The molecule has 2 N–H and O–H groups in total. The van der Waals surface area contributed by atoms with Crippen molar-refractivity contribution >= 4 is 17.4 Å². The predicted molar refractivity (Wildman–Crippen MR) is 151 cm³/mol. The number of carbonyl (C=O) groups excluding carboxylic acids is 2. The molecule has 2 aliphatic rings. The van der Waals surface area contributed by atoms with E-state index in [-0.39, 0.29) is 17.1 Å². The first-order valence-corrected chi connectivity index (χ1v) is 13.6. The maximum absolute atomic E-state index is 13.3. The van der Waals surface area contributed by atoms with E-state index in [0.717, 1.165) is 30.8 Å². The molecule has 2 fully saturated rings.